The van der Waals surface area contributed by atoms with Gasteiger partial charge in [-0.15, -0.1) is 5.10 Å². The molecule has 10 nitrogen and oxygen atoms in total. The largest absolute Gasteiger partial charge is 0.394 e. The summed E-state index contributed by atoms with van der Waals surface area (Å²) in [5, 5.41) is 39.7. The Hall–Kier alpha value is -3.14. The Labute approximate surface area is 248 Å². The van der Waals surface area contributed by atoms with E-state index in [-0.39, 0.29) is 22.0 Å². The molecular formula is C28H29ClF4N4O6. The van der Waals surface area contributed by atoms with Crippen molar-refractivity contribution in [3.8, 4) is 11.3 Å². The first-order valence-corrected chi connectivity index (χ1v) is 13.9. The summed E-state index contributed by atoms with van der Waals surface area (Å²) in [5.74, 6) is -5.97. The van der Waals surface area contributed by atoms with Crippen molar-refractivity contribution in [3.05, 3.63) is 64.8 Å². The molecule has 1 aliphatic heterocycles. The average molecular weight is 629 g/mol. The minimum Gasteiger partial charge on any atom is -0.394 e. The van der Waals surface area contributed by atoms with E-state index in [4.69, 9.17) is 21.1 Å². The Morgan fingerprint density at radius 2 is 1.81 bits per heavy atom. The Kier molecular flexibility index (Phi) is 9.34. The van der Waals surface area contributed by atoms with Crippen LogP contribution in [0.5, 0.6) is 0 Å². The van der Waals surface area contributed by atoms with Gasteiger partial charge < -0.3 is 29.7 Å². The summed E-state index contributed by atoms with van der Waals surface area (Å²) in [4.78, 5) is 15.6. The zero-order chi connectivity index (χ0) is 31.0. The highest BCUT2D eigenvalue weighted by atomic mass is 35.5. The van der Waals surface area contributed by atoms with Crippen LogP contribution in [0.4, 0.5) is 23.2 Å². The highest BCUT2D eigenvalue weighted by Gasteiger charge is 2.52. The molecule has 3 aromatic rings. The fourth-order valence-electron chi connectivity index (χ4n) is 5.76. The molecule has 2 aliphatic rings. The van der Waals surface area contributed by atoms with Gasteiger partial charge >= 0.3 is 0 Å². The quantitative estimate of drug-likeness (QED) is 0.269. The molecule has 3 N–H and O–H groups in total. The third-order valence-electron chi connectivity index (χ3n) is 7.92. The van der Waals surface area contributed by atoms with Crippen molar-refractivity contribution in [2.45, 2.75) is 68.3 Å². The van der Waals surface area contributed by atoms with Crippen LogP contribution in [-0.4, -0.2) is 86.5 Å². The molecule has 1 amide bonds. The number of nitrogens with zero attached hydrogens (tertiary/aromatic N) is 4. The van der Waals surface area contributed by atoms with Crippen molar-refractivity contribution in [2.24, 2.45) is 0 Å². The number of amides is 1. The Bertz CT molecular complexity index is 1460. The summed E-state index contributed by atoms with van der Waals surface area (Å²) in [5.41, 5.74) is -0.0368. The van der Waals surface area contributed by atoms with E-state index in [1.165, 1.54) is 30.3 Å². The molecule has 2 heterocycles. The summed E-state index contributed by atoms with van der Waals surface area (Å²) < 4.78 is 68.0. The number of anilines is 1. The molecule has 0 spiro atoms. The van der Waals surface area contributed by atoms with Crippen LogP contribution >= 0.6 is 11.6 Å². The van der Waals surface area contributed by atoms with Crippen LogP contribution in [0.1, 0.15) is 31.7 Å². The van der Waals surface area contributed by atoms with Crippen LogP contribution in [0.25, 0.3) is 11.3 Å². The van der Waals surface area contributed by atoms with E-state index in [1.807, 2.05) is 0 Å². The van der Waals surface area contributed by atoms with Crippen LogP contribution in [0.2, 0.25) is 5.02 Å². The average Bonchev–Trinajstić information content (AvgIpc) is 3.48. The number of carbonyl (C=O) groups excluding carboxylic acids is 1. The van der Waals surface area contributed by atoms with Gasteiger partial charge in [0.15, 0.2) is 23.6 Å². The summed E-state index contributed by atoms with van der Waals surface area (Å²) in [6.45, 7) is -0.720. The van der Waals surface area contributed by atoms with E-state index in [0.29, 0.717) is 19.3 Å². The van der Waals surface area contributed by atoms with Crippen LogP contribution in [0, 0.1) is 23.3 Å². The van der Waals surface area contributed by atoms with Crippen LogP contribution in [0.3, 0.4) is 0 Å². The molecule has 232 valence electrons. The predicted molar refractivity (Wildman–Crippen MR) is 144 cm³/mol. The third kappa shape index (κ3) is 5.99. The second kappa shape index (κ2) is 12.8. The standard InChI is InChI=1S/C28H29ClF4N4O6/c1-42-26-24(36-11-19(34-35-36)13-8-17(31)23(33)18(32)9-13)25(40)22(12-38)43-27(26)28(41)37(20-4-2-3-5-21(20)39)14-6-7-16(30)15(29)10-14/h6-11,20-22,24-27,38-40H,2-5,12H2,1H3/t20-,21-,22?,24?,25?,26?,27?/m0/s1. The number of aliphatic hydroxyl groups excluding tert-OH is 3. The molecule has 43 heavy (non-hydrogen) atoms. The van der Waals surface area contributed by atoms with E-state index in [1.54, 1.807) is 0 Å². The zero-order valence-corrected chi connectivity index (χ0v) is 23.5. The molecule has 5 rings (SSSR count). The van der Waals surface area contributed by atoms with Crippen LogP contribution in [-0.2, 0) is 14.3 Å². The van der Waals surface area contributed by atoms with E-state index >= 15 is 0 Å². The van der Waals surface area contributed by atoms with Crippen LogP contribution in [0.15, 0.2) is 36.5 Å². The molecule has 5 unspecified atom stereocenters. The SMILES string of the molecule is COC1C(C(=O)N(c2ccc(F)c(Cl)c2)[C@H]2CCCC[C@@H]2O)OC(CO)C(O)C1n1cc(-c2cc(F)c(F)c(F)c2)nn1. The van der Waals surface area contributed by atoms with Crippen molar-refractivity contribution >= 4 is 23.2 Å². The third-order valence-corrected chi connectivity index (χ3v) is 8.21. The fourth-order valence-corrected chi connectivity index (χ4v) is 5.94. The topological polar surface area (TPSA) is 130 Å². The molecule has 0 radical (unpaired) electrons. The maximum atomic E-state index is 14.3. The van der Waals surface area contributed by atoms with Gasteiger partial charge in [0.1, 0.15) is 35.9 Å². The fraction of sp³-hybridized carbons (Fsp3) is 0.464. The molecular weight excluding hydrogens is 600 g/mol. The molecule has 2 fully saturated rings. The number of benzene rings is 2. The van der Waals surface area contributed by atoms with Gasteiger partial charge in [0.25, 0.3) is 5.91 Å². The van der Waals surface area contributed by atoms with E-state index < -0.39 is 78.4 Å². The van der Waals surface area contributed by atoms with Crippen molar-refractivity contribution in [3.63, 3.8) is 0 Å². The Balaban J connectivity index is 1.54. The monoisotopic (exact) mass is 628 g/mol. The summed E-state index contributed by atoms with van der Waals surface area (Å²) in [7, 11) is 1.25. The van der Waals surface area contributed by atoms with Gasteiger partial charge in [-0.25, -0.2) is 22.2 Å². The number of hydrogen-bond acceptors (Lipinski definition) is 8. The van der Waals surface area contributed by atoms with Gasteiger partial charge in [-0.2, -0.15) is 0 Å². The normalized spacial score (nSPS) is 27.7. The summed E-state index contributed by atoms with van der Waals surface area (Å²) in [6.07, 6.45) is -3.05. The number of carbonyl (C=O) groups is 1. The number of methoxy groups -OCH3 is 1. The lowest BCUT2D eigenvalue weighted by molar-refractivity contribution is -0.211. The number of halogens is 5. The smallest absolute Gasteiger partial charge is 0.259 e. The van der Waals surface area contributed by atoms with Gasteiger partial charge in [-0.3, -0.25) is 4.79 Å². The molecule has 1 saturated heterocycles. The highest BCUT2D eigenvalue weighted by molar-refractivity contribution is 6.31. The maximum Gasteiger partial charge on any atom is 0.259 e. The zero-order valence-electron chi connectivity index (χ0n) is 22.8. The maximum absolute atomic E-state index is 14.3. The first kappa shape index (κ1) is 31.3. The molecule has 15 heteroatoms. The molecule has 1 aromatic heterocycles. The number of rotatable bonds is 7. The Morgan fingerprint density at radius 1 is 1.12 bits per heavy atom. The lowest BCUT2D eigenvalue weighted by Crippen LogP contribution is -2.63. The molecule has 1 saturated carbocycles. The molecule has 0 bridgehead atoms. The second-order valence-corrected chi connectivity index (χ2v) is 10.9. The number of ether oxygens (including phenoxy) is 2. The lowest BCUT2D eigenvalue weighted by atomic mass is 9.88. The van der Waals surface area contributed by atoms with Gasteiger partial charge in [-0.1, -0.05) is 29.7 Å². The van der Waals surface area contributed by atoms with Crippen LogP contribution < -0.4 is 4.90 Å². The van der Waals surface area contributed by atoms with Crippen molar-refractivity contribution in [2.75, 3.05) is 18.6 Å². The van der Waals surface area contributed by atoms with Gasteiger partial charge in [-0.05, 0) is 43.2 Å². The van der Waals surface area contributed by atoms with Crippen molar-refractivity contribution in [1.29, 1.82) is 0 Å². The Morgan fingerprint density at radius 3 is 2.44 bits per heavy atom. The predicted octanol–water partition coefficient (Wildman–Crippen LogP) is 3.17. The van der Waals surface area contributed by atoms with E-state index in [9.17, 15) is 37.7 Å². The summed E-state index contributed by atoms with van der Waals surface area (Å²) >= 11 is 6.04. The number of aliphatic hydroxyl groups is 3. The minimum atomic E-state index is -1.65. The number of hydrogen-bond donors (Lipinski definition) is 3. The molecule has 7 atom stereocenters. The lowest BCUT2D eigenvalue weighted by Gasteiger charge is -2.46. The molecule has 2 aromatic carbocycles. The van der Waals surface area contributed by atoms with Crippen molar-refractivity contribution in [1.82, 2.24) is 15.0 Å². The first-order valence-electron chi connectivity index (χ1n) is 13.6. The molecule has 1 aliphatic carbocycles. The number of aromatic nitrogens is 3. The highest BCUT2D eigenvalue weighted by Crippen LogP contribution is 2.37. The summed E-state index contributed by atoms with van der Waals surface area (Å²) in [6, 6.07) is 3.17. The van der Waals surface area contributed by atoms with E-state index in [0.717, 1.165) is 29.3 Å². The minimum absolute atomic E-state index is 0.0809. The first-order chi connectivity index (χ1) is 20.5. The van der Waals surface area contributed by atoms with Gasteiger partial charge in [0.05, 0.1) is 30.0 Å². The second-order valence-electron chi connectivity index (χ2n) is 10.5. The van der Waals surface area contributed by atoms with E-state index in [2.05, 4.69) is 10.3 Å². The van der Waals surface area contributed by atoms with Gasteiger partial charge in [0, 0.05) is 18.4 Å². The van der Waals surface area contributed by atoms with Gasteiger partial charge in [0.2, 0.25) is 0 Å². The van der Waals surface area contributed by atoms with Crippen molar-refractivity contribution < 1.29 is 47.1 Å².